The topological polar surface area (TPSA) is 257 Å². The van der Waals surface area contributed by atoms with E-state index in [0.717, 1.165) is 29.5 Å². The van der Waals surface area contributed by atoms with Gasteiger partial charge in [-0.15, -0.1) is 0 Å². The largest absolute Gasteiger partial charge is 0.416 e. The zero-order valence-electron chi connectivity index (χ0n) is 36.9. The molecule has 32 heteroatoms. The molecule has 392 valence electrons. The zero-order valence-corrected chi connectivity index (χ0v) is 41.0. The molecule has 0 radical (unpaired) electrons. The van der Waals surface area contributed by atoms with Gasteiger partial charge in [-0.05, 0) is 61.9 Å². The number of alkyl halides is 6. The van der Waals surface area contributed by atoms with E-state index in [-0.39, 0.29) is 18.2 Å². The second-order valence-electron chi connectivity index (χ2n) is 14.2. The number of nitrogens with zero attached hydrogens (tertiary/aromatic N) is 2. The number of benzene rings is 5. The number of non-ortho nitro benzene ring substituents is 1. The van der Waals surface area contributed by atoms with E-state index >= 15 is 0 Å². The van der Waals surface area contributed by atoms with Crippen molar-refractivity contribution in [1.82, 2.24) is 0 Å². The molecule has 0 fully saturated rings. The van der Waals surface area contributed by atoms with Crippen molar-refractivity contribution in [3.05, 3.63) is 156 Å². The summed E-state index contributed by atoms with van der Waals surface area (Å²) in [5, 5.41) is 20.9. The van der Waals surface area contributed by atoms with Crippen LogP contribution in [0, 0.1) is 63.2 Å². The SMILES string of the molecule is CS(=O)(=O)c1c(F)c(F)c(F)c(F)c1F.CS(=O)(=O)c1cc(C(F)(F)F)cc(C(F)(F)F)c1.CS(=O)(=O)c1ccc([N+](=O)[O-])cc1[N+](=O)[O-].Cc1ccc(S(C)(=O)=O)cc1.Cc1ccccc1S(C)(=O)=O. The molecule has 0 atom stereocenters. The molecular weight excluding hydrogens is 1090 g/mol. The van der Waals surface area contributed by atoms with Gasteiger partial charge in [0.1, 0.15) is 9.79 Å². The number of aryl methyl sites for hydroxylation is 2. The zero-order chi connectivity index (χ0) is 55.8. The van der Waals surface area contributed by atoms with Gasteiger partial charge in [-0.2, -0.15) is 26.3 Å². The summed E-state index contributed by atoms with van der Waals surface area (Å²) >= 11 is 0. The smallest absolute Gasteiger partial charge is 0.258 e. The molecule has 0 saturated carbocycles. The molecule has 0 aliphatic carbocycles. The van der Waals surface area contributed by atoms with Crippen molar-refractivity contribution in [3.8, 4) is 0 Å². The van der Waals surface area contributed by atoms with Gasteiger partial charge in [-0.3, -0.25) is 20.2 Å². The number of rotatable bonds is 7. The van der Waals surface area contributed by atoms with Crippen molar-refractivity contribution < 1.29 is 100 Å². The van der Waals surface area contributed by atoms with Crippen LogP contribution in [0.4, 0.5) is 59.7 Å². The summed E-state index contributed by atoms with van der Waals surface area (Å²) in [5.74, 6) is -11.7. The van der Waals surface area contributed by atoms with Crippen LogP contribution in [-0.4, -0.2) is 83.2 Å². The maximum absolute atomic E-state index is 12.8. The molecule has 0 spiro atoms. The van der Waals surface area contributed by atoms with E-state index in [9.17, 15) is 111 Å². The Labute approximate surface area is 397 Å². The van der Waals surface area contributed by atoms with Crippen molar-refractivity contribution in [3.63, 3.8) is 0 Å². The Balaban J connectivity index is 0.000000449. The van der Waals surface area contributed by atoms with Gasteiger partial charge in [-0.1, -0.05) is 35.9 Å². The Bertz CT molecular complexity index is 3330. The van der Waals surface area contributed by atoms with E-state index in [1.807, 2.05) is 13.0 Å². The van der Waals surface area contributed by atoms with Gasteiger partial charge >= 0.3 is 12.4 Å². The number of sulfone groups is 5. The standard InChI is InChI=1S/C9H6F6O2S.2C8H10O2S.C7H3F5O2S.C7H6N2O6S/c1-18(16,17)7-3-5(8(10,11)12)2-6(4-7)9(13,14)15;1-7-3-5-8(6-4-7)11(2,9)10;1-7-5-3-4-6-8(7)11(2,9)10;1-15(13,14)7-5(11)3(9)2(8)4(10)6(7)12;1-16(14,15)7-3-2-5(8(10)11)4-6(7)9(12)13/h2-4H,1H3;2*3-6H,1-2H3;1H3;2-4H,1H3. The Kier molecular flexibility index (Phi) is 20.7. The summed E-state index contributed by atoms with van der Waals surface area (Å²) in [6.45, 7) is 3.71. The van der Waals surface area contributed by atoms with Crippen molar-refractivity contribution in [2.24, 2.45) is 0 Å². The van der Waals surface area contributed by atoms with E-state index in [0.29, 0.717) is 28.4 Å². The first-order chi connectivity index (χ1) is 31.7. The molecule has 71 heavy (non-hydrogen) atoms. The molecule has 5 aromatic carbocycles. The minimum Gasteiger partial charge on any atom is -0.258 e. The van der Waals surface area contributed by atoms with Crippen LogP contribution in [0.25, 0.3) is 0 Å². The van der Waals surface area contributed by atoms with Crippen LogP contribution in [0.15, 0.2) is 109 Å². The average Bonchev–Trinajstić information content (AvgIpc) is 3.20. The van der Waals surface area contributed by atoms with Gasteiger partial charge in [0.15, 0.2) is 72.5 Å². The first-order valence-electron chi connectivity index (χ1n) is 18.1. The van der Waals surface area contributed by atoms with Gasteiger partial charge < -0.3 is 0 Å². The second kappa shape index (κ2) is 23.4. The van der Waals surface area contributed by atoms with Crippen molar-refractivity contribution in [1.29, 1.82) is 0 Å². The number of halogens is 11. The summed E-state index contributed by atoms with van der Waals surface area (Å²) in [4.78, 5) is 16.5. The van der Waals surface area contributed by atoms with Gasteiger partial charge in [0, 0.05) is 37.3 Å². The molecule has 0 aliphatic heterocycles. The van der Waals surface area contributed by atoms with Crippen LogP contribution < -0.4 is 0 Å². The first kappa shape index (κ1) is 62.9. The van der Waals surface area contributed by atoms with Crippen molar-refractivity contribution >= 4 is 60.6 Å². The van der Waals surface area contributed by atoms with Crippen molar-refractivity contribution in [2.75, 3.05) is 31.3 Å². The van der Waals surface area contributed by atoms with Crippen LogP contribution >= 0.6 is 0 Å². The molecule has 16 nitrogen and oxygen atoms in total. The third-order valence-corrected chi connectivity index (χ3v) is 13.9. The predicted octanol–water partition coefficient (Wildman–Crippen LogP) is 8.62. The number of nitro benzene ring substituents is 2. The third kappa shape index (κ3) is 18.9. The Morgan fingerprint density at radius 3 is 1.14 bits per heavy atom. The van der Waals surface area contributed by atoms with Gasteiger partial charge in [0.05, 0.1) is 41.7 Å². The molecule has 0 bridgehead atoms. The van der Waals surface area contributed by atoms with E-state index in [4.69, 9.17) is 0 Å². The monoisotopic (exact) mass is 1120 g/mol. The quantitative estimate of drug-likeness (QED) is 0.0369. The van der Waals surface area contributed by atoms with E-state index in [1.165, 1.54) is 12.5 Å². The molecule has 0 saturated heterocycles. The summed E-state index contributed by atoms with van der Waals surface area (Å²) in [5.41, 5.74) is -2.77. The number of hydrogen-bond acceptors (Lipinski definition) is 14. The molecular formula is C39H35F11N2O14S5. The van der Waals surface area contributed by atoms with Gasteiger partial charge in [-0.25, -0.2) is 64.0 Å². The third-order valence-electron chi connectivity index (χ3n) is 8.22. The molecule has 5 aromatic rings. The summed E-state index contributed by atoms with van der Waals surface area (Å²) in [6.07, 6.45) is -6.02. The minimum absolute atomic E-state index is 0.130. The lowest BCUT2D eigenvalue weighted by molar-refractivity contribution is -0.396. The molecule has 0 unspecified atom stereocenters. The lowest BCUT2D eigenvalue weighted by atomic mass is 10.1. The first-order valence-corrected chi connectivity index (χ1v) is 27.6. The maximum Gasteiger partial charge on any atom is 0.416 e. The second-order valence-corrected chi connectivity index (χ2v) is 24.2. The Morgan fingerprint density at radius 2 is 0.831 bits per heavy atom. The van der Waals surface area contributed by atoms with E-state index in [1.54, 1.807) is 49.4 Å². The van der Waals surface area contributed by atoms with Crippen LogP contribution in [0.1, 0.15) is 22.3 Å². The highest BCUT2D eigenvalue weighted by atomic mass is 32.2. The molecule has 0 amide bonds. The van der Waals surface area contributed by atoms with Gasteiger partial charge in [0.25, 0.3) is 11.4 Å². The summed E-state index contributed by atoms with van der Waals surface area (Å²) in [6, 6.07) is 16.4. The van der Waals surface area contributed by atoms with E-state index in [2.05, 4.69) is 0 Å². The summed E-state index contributed by atoms with van der Waals surface area (Å²) in [7, 11) is -18.5. The Hall–Kier alpha value is -6.12. The fourth-order valence-electron chi connectivity index (χ4n) is 4.88. The Morgan fingerprint density at radius 1 is 0.437 bits per heavy atom. The molecule has 0 aliphatic rings. The van der Waals surface area contributed by atoms with Crippen LogP contribution in [0.3, 0.4) is 0 Å². The molecule has 5 rings (SSSR count). The fourth-order valence-corrected chi connectivity index (χ4v) is 8.83. The number of hydrogen-bond donors (Lipinski definition) is 0. The normalized spacial score (nSPS) is 12.0. The van der Waals surface area contributed by atoms with Crippen LogP contribution in [-0.2, 0) is 61.5 Å². The molecule has 0 heterocycles. The maximum atomic E-state index is 12.8. The van der Waals surface area contributed by atoms with Crippen LogP contribution in [0.2, 0.25) is 0 Å². The predicted molar refractivity (Wildman–Crippen MR) is 230 cm³/mol. The van der Waals surface area contributed by atoms with Gasteiger partial charge in [0.2, 0.25) is 5.82 Å². The lowest BCUT2D eigenvalue weighted by Crippen LogP contribution is -2.13. The lowest BCUT2D eigenvalue weighted by Gasteiger charge is -2.13. The highest BCUT2D eigenvalue weighted by Crippen LogP contribution is 2.37. The average molecular weight is 1130 g/mol. The highest BCUT2D eigenvalue weighted by Gasteiger charge is 2.38. The van der Waals surface area contributed by atoms with Crippen molar-refractivity contribution in [2.45, 2.75) is 50.7 Å². The fraction of sp³-hybridized carbons (Fsp3) is 0.231. The molecule has 0 N–H and O–H groups in total. The highest BCUT2D eigenvalue weighted by molar-refractivity contribution is 7.91. The molecule has 0 aromatic heterocycles. The summed E-state index contributed by atoms with van der Waals surface area (Å²) < 4.78 is 247. The number of nitro groups is 2. The minimum atomic E-state index is -5.05. The van der Waals surface area contributed by atoms with Crippen LogP contribution in [0.5, 0.6) is 0 Å². The van der Waals surface area contributed by atoms with E-state index < -0.39 is 138 Å².